The largest absolute Gasteiger partial charge is 0.109 e. The summed E-state index contributed by atoms with van der Waals surface area (Å²) in [5, 5.41) is 0. The SMILES string of the molecule is CCCC(C)CC[B]CC(C)C. The maximum absolute atomic E-state index is 2.46. The molecule has 0 N–H and O–H groups in total. The molecule has 0 aliphatic rings. The molecule has 0 heterocycles. The van der Waals surface area contributed by atoms with E-state index in [1.165, 1.54) is 31.9 Å². The van der Waals surface area contributed by atoms with Crippen LogP contribution in [0.1, 0.15) is 47.0 Å². The summed E-state index contributed by atoms with van der Waals surface area (Å²) in [7, 11) is 2.46. The van der Waals surface area contributed by atoms with Gasteiger partial charge in [0.15, 0.2) is 0 Å². The molecule has 1 atom stereocenters. The zero-order chi connectivity index (χ0) is 9.40. The molecule has 71 valence electrons. The van der Waals surface area contributed by atoms with E-state index in [0.29, 0.717) is 0 Å². The van der Waals surface area contributed by atoms with Crippen molar-refractivity contribution in [2.24, 2.45) is 11.8 Å². The van der Waals surface area contributed by atoms with Gasteiger partial charge in [0.25, 0.3) is 0 Å². The Morgan fingerprint density at radius 3 is 2.25 bits per heavy atom. The van der Waals surface area contributed by atoms with Crippen LogP contribution in [0, 0.1) is 11.8 Å². The van der Waals surface area contributed by atoms with E-state index in [2.05, 4.69) is 35.0 Å². The van der Waals surface area contributed by atoms with Gasteiger partial charge in [0.05, 0.1) is 0 Å². The molecule has 0 aromatic rings. The van der Waals surface area contributed by atoms with E-state index >= 15 is 0 Å². The minimum atomic E-state index is 0.839. The quantitative estimate of drug-likeness (QED) is 0.397. The number of hydrogen-bond acceptors (Lipinski definition) is 0. The standard InChI is InChI=1S/C11H24B/c1-5-6-11(4)7-8-12-9-10(2)3/h10-11H,5-9H2,1-4H3. The Morgan fingerprint density at radius 2 is 1.75 bits per heavy atom. The van der Waals surface area contributed by atoms with Gasteiger partial charge in [-0.25, -0.2) is 0 Å². The van der Waals surface area contributed by atoms with E-state index in [1.807, 2.05) is 0 Å². The molecule has 0 saturated heterocycles. The Labute approximate surface area is 79.4 Å². The van der Waals surface area contributed by atoms with Gasteiger partial charge in [-0.1, -0.05) is 65.5 Å². The van der Waals surface area contributed by atoms with Gasteiger partial charge >= 0.3 is 0 Å². The molecule has 0 aromatic carbocycles. The van der Waals surface area contributed by atoms with E-state index < -0.39 is 0 Å². The van der Waals surface area contributed by atoms with E-state index in [-0.39, 0.29) is 0 Å². The van der Waals surface area contributed by atoms with Crippen molar-refractivity contribution >= 4 is 7.28 Å². The van der Waals surface area contributed by atoms with Gasteiger partial charge in [-0.3, -0.25) is 0 Å². The first-order valence-electron chi connectivity index (χ1n) is 5.48. The molecular formula is C11H24B. The van der Waals surface area contributed by atoms with Gasteiger partial charge in [0, 0.05) is 0 Å². The highest BCUT2D eigenvalue weighted by molar-refractivity contribution is 6.35. The molecule has 1 heteroatoms. The Balaban J connectivity index is 3.08. The average Bonchev–Trinajstić information content (AvgIpc) is 1.98. The molecule has 0 aliphatic heterocycles. The van der Waals surface area contributed by atoms with Crippen LogP contribution >= 0.6 is 0 Å². The summed E-state index contributed by atoms with van der Waals surface area (Å²) >= 11 is 0. The summed E-state index contributed by atoms with van der Waals surface area (Å²) in [6.07, 6.45) is 6.74. The molecule has 0 spiro atoms. The second kappa shape index (κ2) is 7.70. The lowest BCUT2D eigenvalue weighted by Crippen LogP contribution is -1.99. The average molecular weight is 167 g/mol. The molecule has 1 radical (unpaired) electrons. The van der Waals surface area contributed by atoms with Gasteiger partial charge in [-0.15, -0.1) is 0 Å². The molecule has 0 nitrogen and oxygen atoms in total. The Morgan fingerprint density at radius 1 is 1.08 bits per heavy atom. The third-order valence-corrected chi connectivity index (χ3v) is 2.28. The lowest BCUT2D eigenvalue weighted by Gasteiger charge is -2.09. The fraction of sp³-hybridized carbons (Fsp3) is 1.00. The molecule has 0 aliphatic carbocycles. The van der Waals surface area contributed by atoms with Crippen molar-refractivity contribution in [3.63, 3.8) is 0 Å². The normalized spacial score (nSPS) is 13.4. The first-order chi connectivity index (χ1) is 5.66. The van der Waals surface area contributed by atoms with Gasteiger partial charge in [-0.2, -0.15) is 0 Å². The molecule has 1 unspecified atom stereocenters. The molecular weight excluding hydrogens is 143 g/mol. The molecule has 0 saturated carbocycles. The lowest BCUT2D eigenvalue weighted by molar-refractivity contribution is 0.507. The highest BCUT2D eigenvalue weighted by Gasteiger charge is 2.01. The van der Waals surface area contributed by atoms with Gasteiger partial charge < -0.3 is 0 Å². The van der Waals surface area contributed by atoms with E-state index in [9.17, 15) is 0 Å². The third kappa shape index (κ3) is 8.16. The topological polar surface area (TPSA) is 0 Å². The minimum Gasteiger partial charge on any atom is -0.0800 e. The molecule has 0 rings (SSSR count). The maximum Gasteiger partial charge on any atom is 0.109 e. The van der Waals surface area contributed by atoms with Crippen molar-refractivity contribution in [3.8, 4) is 0 Å². The van der Waals surface area contributed by atoms with Crippen LogP contribution < -0.4 is 0 Å². The van der Waals surface area contributed by atoms with Crippen LogP contribution in [0.4, 0.5) is 0 Å². The molecule has 12 heavy (non-hydrogen) atoms. The number of rotatable bonds is 7. The van der Waals surface area contributed by atoms with Crippen LogP contribution in [-0.4, -0.2) is 7.28 Å². The van der Waals surface area contributed by atoms with Crippen LogP contribution in [0.3, 0.4) is 0 Å². The molecule has 0 fully saturated rings. The molecule has 0 bridgehead atoms. The smallest absolute Gasteiger partial charge is 0.0800 e. The van der Waals surface area contributed by atoms with Crippen molar-refractivity contribution in [1.29, 1.82) is 0 Å². The van der Waals surface area contributed by atoms with Crippen molar-refractivity contribution in [3.05, 3.63) is 0 Å². The summed E-state index contributed by atoms with van der Waals surface area (Å²) in [6, 6.07) is 0. The zero-order valence-electron chi connectivity index (χ0n) is 9.27. The maximum atomic E-state index is 2.46. The molecule has 0 aromatic heterocycles. The summed E-state index contributed by atoms with van der Waals surface area (Å²) in [5.74, 6) is 1.77. The third-order valence-electron chi connectivity index (χ3n) is 2.28. The van der Waals surface area contributed by atoms with Crippen molar-refractivity contribution < 1.29 is 0 Å². The van der Waals surface area contributed by atoms with Crippen LogP contribution in [0.15, 0.2) is 0 Å². The monoisotopic (exact) mass is 167 g/mol. The van der Waals surface area contributed by atoms with Crippen LogP contribution in [0.2, 0.25) is 12.6 Å². The van der Waals surface area contributed by atoms with Crippen LogP contribution in [-0.2, 0) is 0 Å². The van der Waals surface area contributed by atoms with Gasteiger partial charge in [0.2, 0.25) is 0 Å². The van der Waals surface area contributed by atoms with E-state index in [4.69, 9.17) is 0 Å². The minimum absolute atomic E-state index is 0.839. The predicted octanol–water partition coefficient (Wildman–Crippen LogP) is 4.01. The Kier molecular flexibility index (Phi) is 7.74. The highest BCUT2D eigenvalue weighted by atomic mass is 14.0. The van der Waals surface area contributed by atoms with Crippen LogP contribution in [0.25, 0.3) is 0 Å². The van der Waals surface area contributed by atoms with Crippen molar-refractivity contribution in [2.45, 2.75) is 59.6 Å². The fourth-order valence-electron chi connectivity index (χ4n) is 1.49. The summed E-state index contributed by atoms with van der Waals surface area (Å²) < 4.78 is 0. The highest BCUT2D eigenvalue weighted by Crippen LogP contribution is 2.13. The van der Waals surface area contributed by atoms with Gasteiger partial charge in [-0.05, 0) is 5.92 Å². The predicted molar refractivity (Wildman–Crippen MR) is 58.9 cm³/mol. The second-order valence-electron chi connectivity index (χ2n) is 4.39. The Hall–Kier alpha value is 0.0649. The summed E-state index contributed by atoms with van der Waals surface area (Å²) in [4.78, 5) is 0. The Bertz CT molecular complexity index is 89.0. The summed E-state index contributed by atoms with van der Waals surface area (Å²) in [5.41, 5.74) is 0. The molecule has 0 amide bonds. The second-order valence-corrected chi connectivity index (χ2v) is 4.39. The first-order valence-corrected chi connectivity index (χ1v) is 5.48. The lowest BCUT2D eigenvalue weighted by atomic mass is 9.65. The first kappa shape index (κ1) is 12.1. The van der Waals surface area contributed by atoms with E-state index in [0.717, 1.165) is 11.8 Å². The van der Waals surface area contributed by atoms with Crippen molar-refractivity contribution in [1.82, 2.24) is 0 Å². The van der Waals surface area contributed by atoms with Crippen LogP contribution in [0.5, 0.6) is 0 Å². The summed E-state index contributed by atoms with van der Waals surface area (Å²) in [6.45, 7) is 9.21. The van der Waals surface area contributed by atoms with E-state index in [1.54, 1.807) is 0 Å². The van der Waals surface area contributed by atoms with Crippen molar-refractivity contribution in [2.75, 3.05) is 0 Å². The van der Waals surface area contributed by atoms with Gasteiger partial charge in [0.1, 0.15) is 7.28 Å². The zero-order valence-corrected chi connectivity index (χ0v) is 9.27. The fourth-order valence-corrected chi connectivity index (χ4v) is 1.49. The number of hydrogen-bond donors (Lipinski definition) is 0.